The zero-order chi connectivity index (χ0) is 13.2. The highest BCUT2D eigenvalue weighted by molar-refractivity contribution is 5.20. The summed E-state index contributed by atoms with van der Waals surface area (Å²) in [5.41, 5.74) is 0.432. The van der Waals surface area contributed by atoms with E-state index >= 15 is 0 Å². The van der Waals surface area contributed by atoms with Gasteiger partial charge in [0.2, 0.25) is 0 Å². The molecule has 3 rings (SSSR count). The fourth-order valence-electron chi connectivity index (χ4n) is 3.50. The van der Waals surface area contributed by atoms with Gasteiger partial charge in [-0.05, 0) is 44.2 Å². The van der Waals surface area contributed by atoms with Crippen LogP contribution in [0.25, 0.3) is 0 Å². The minimum absolute atomic E-state index is 0.297. The molecule has 0 aromatic heterocycles. The van der Waals surface area contributed by atoms with E-state index in [9.17, 15) is 9.50 Å². The van der Waals surface area contributed by atoms with Crippen LogP contribution in [0.1, 0.15) is 43.8 Å². The Labute approximate surface area is 114 Å². The molecule has 0 spiro atoms. The fraction of sp³-hybridized carbons (Fsp3) is 0.625. The van der Waals surface area contributed by atoms with Crippen molar-refractivity contribution in [2.45, 2.75) is 44.2 Å². The minimum Gasteiger partial charge on any atom is -0.387 e. The fourth-order valence-corrected chi connectivity index (χ4v) is 3.50. The van der Waals surface area contributed by atoms with Crippen molar-refractivity contribution in [3.8, 4) is 0 Å². The van der Waals surface area contributed by atoms with E-state index in [-0.39, 0.29) is 5.82 Å². The summed E-state index contributed by atoms with van der Waals surface area (Å²) in [6, 6.07) is 7.18. The van der Waals surface area contributed by atoms with Gasteiger partial charge in [-0.1, -0.05) is 24.6 Å². The number of nitrogens with zero attached hydrogens (tertiary/aromatic N) is 1. The van der Waals surface area contributed by atoms with Crippen molar-refractivity contribution in [1.29, 1.82) is 0 Å². The molecule has 104 valence electrons. The molecule has 0 amide bonds. The molecule has 2 atom stereocenters. The van der Waals surface area contributed by atoms with Gasteiger partial charge in [0, 0.05) is 18.2 Å². The predicted octanol–water partition coefficient (Wildman–Crippen LogP) is 3.12. The molecule has 2 nitrogen and oxygen atoms in total. The first-order chi connectivity index (χ1) is 9.25. The Morgan fingerprint density at radius 1 is 1.21 bits per heavy atom. The smallest absolute Gasteiger partial charge is 0.129 e. The second-order valence-corrected chi connectivity index (χ2v) is 5.93. The standard InChI is InChI=1S/C16H22FNO/c17-14-8-2-1-7-13(14)16(19)11-18-10-4-9-15(18)12-5-3-6-12/h1-2,7-8,12,15-16,19H,3-6,9-11H2. The van der Waals surface area contributed by atoms with Crippen molar-refractivity contribution >= 4 is 0 Å². The van der Waals surface area contributed by atoms with Gasteiger partial charge in [-0.2, -0.15) is 0 Å². The average Bonchev–Trinajstić information content (AvgIpc) is 2.75. The first-order valence-electron chi connectivity index (χ1n) is 7.42. The summed E-state index contributed by atoms with van der Waals surface area (Å²) in [6.45, 7) is 1.62. The Hall–Kier alpha value is -0.930. The Morgan fingerprint density at radius 3 is 2.68 bits per heavy atom. The third-order valence-corrected chi connectivity index (χ3v) is 4.78. The lowest BCUT2D eigenvalue weighted by Gasteiger charge is -2.37. The summed E-state index contributed by atoms with van der Waals surface area (Å²) < 4.78 is 13.7. The number of hydrogen-bond donors (Lipinski definition) is 1. The second-order valence-electron chi connectivity index (χ2n) is 5.93. The SMILES string of the molecule is OC(CN1CCCC1C1CCC1)c1ccccc1F. The Balaban J connectivity index is 1.65. The Kier molecular flexibility index (Phi) is 3.85. The number of likely N-dealkylation sites (tertiary alicyclic amines) is 1. The number of rotatable bonds is 4. The predicted molar refractivity (Wildman–Crippen MR) is 73.3 cm³/mol. The summed E-state index contributed by atoms with van der Waals surface area (Å²) in [5, 5.41) is 10.3. The van der Waals surface area contributed by atoms with Crippen LogP contribution >= 0.6 is 0 Å². The van der Waals surface area contributed by atoms with Crippen molar-refractivity contribution in [3.05, 3.63) is 35.6 Å². The normalized spacial score (nSPS) is 26.3. The van der Waals surface area contributed by atoms with Crippen LogP contribution < -0.4 is 0 Å². The molecule has 2 unspecified atom stereocenters. The van der Waals surface area contributed by atoms with E-state index in [1.807, 2.05) is 0 Å². The van der Waals surface area contributed by atoms with Crippen LogP contribution in [0.15, 0.2) is 24.3 Å². The lowest BCUT2D eigenvalue weighted by Crippen LogP contribution is -2.40. The zero-order valence-corrected chi connectivity index (χ0v) is 11.3. The van der Waals surface area contributed by atoms with E-state index in [4.69, 9.17) is 0 Å². The highest BCUT2D eigenvalue weighted by Gasteiger charge is 2.35. The van der Waals surface area contributed by atoms with Crippen LogP contribution in [0.5, 0.6) is 0 Å². The van der Waals surface area contributed by atoms with Crippen LogP contribution in [-0.4, -0.2) is 29.1 Å². The van der Waals surface area contributed by atoms with Crippen molar-refractivity contribution in [3.63, 3.8) is 0 Å². The topological polar surface area (TPSA) is 23.5 Å². The van der Waals surface area contributed by atoms with Crippen LogP contribution in [0.2, 0.25) is 0 Å². The summed E-state index contributed by atoms with van der Waals surface area (Å²) in [4.78, 5) is 2.38. The van der Waals surface area contributed by atoms with Crippen molar-refractivity contribution in [1.82, 2.24) is 4.90 Å². The van der Waals surface area contributed by atoms with Crippen molar-refractivity contribution in [2.75, 3.05) is 13.1 Å². The van der Waals surface area contributed by atoms with E-state index in [1.165, 1.54) is 38.2 Å². The van der Waals surface area contributed by atoms with Gasteiger partial charge in [-0.25, -0.2) is 4.39 Å². The molecule has 1 saturated carbocycles. The maximum absolute atomic E-state index is 13.7. The zero-order valence-electron chi connectivity index (χ0n) is 11.3. The van der Waals surface area contributed by atoms with Gasteiger partial charge < -0.3 is 5.11 Å². The molecule has 1 saturated heterocycles. The van der Waals surface area contributed by atoms with Crippen LogP contribution in [-0.2, 0) is 0 Å². The third kappa shape index (κ3) is 2.67. The molecule has 1 aromatic rings. The van der Waals surface area contributed by atoms with E-state index in [2.05, 4.69) is 4.90 Å². The first-order valence-corrected chi connectivity index (χ1v) is 7.42. The third-order valence-electron chi connectivity index (χ3n) is 4.78. The van der Waals surface area contributed by atoms with Crippen LogP contribution in [0.4, 0.5) is 4.39 Å². The Morgan fingerprint density at radius 2 is 2.00 bits per heavy atom. The van der Waals surface area contributed by atoms with E-state index in [0.29, 0.717) is 18.2 Å². The van der Waals surface area contributed by atoms with Gasteiger partial charge in [0.1, 0.15) is 5.82 Å². The van der Waals surface area contributed by atoms with E-state index in [1.54, 1.807) is 18.2 Å². The molecule has 3 heteroatoms. The molecule has 1 aliphatic carbocycles. The highest BCUT2D eigenvalue weighted by Crippen LogP contribution is 2.37. The molecule has 1 aromatic carbocycles. The van der Waals surface area contributed by atoms with Gasteiger partial charge in [0.25, 0.3) is 0 Å². The molecule has 2 aliphatic rings. The highest BCUT2D eigenvalue weighted by atomic mass is 19.1. The van der Waals surface area contributed by atoms with Crippen LogP contribution in [0, 0.1) is 11.7 Å². The van der Waals surface area contributed by atoms with Gasteiger partial charge in [0.15, 0.2) is 0 Å². The lowest BCUT2D eigenvalue weighted by molar-refractivity contribution is 0.0683. The van der Waals surface area contributed by atoms with Gasteiger partial charge in [-0.3, -0.25) is 4.90 Å². The van der Waals surface area contributed by atoms with Gasteiger partial charge in [0.05, 0.1) is 6.10 Å². The van der Waals surface area contributed by atoms with Gasteiger partial charge in [-0.15, -0.1) is 0 Å². The molecule has 1 N–H and O–H groups in total. The minimum atomic E-state index is -0.707. The number of β-amino-alcohol motifs (C(OH)–C–C–N with tert-alkyl or cyclic N) is 1. The average molecular weight is 263 g/mol. The summed E-state index contributed by atoms with van der Waals surface area (Å²) in [5.74, 6) is 0.518. The van der Waals surface area contributed by atoms with Gasteiger partial charge >= 0.3 is 0 Å². The summed E-state index contributed by atoms with van der Waals surface area (Å²) in [7, 11) is 0. The molecule has 0 bridgehead atoms. The van der Waals surface area contributed by atoms with E-state index < -0.39 is 6.10 Å². The summed E-state index contributed by atoms with van der Waals surface area (Å²) >= 11 is 0. The first kappa shape index (κ1) is 13.1. The van der Waals surface area contributed by atoms with E-state index in [0.717, 1.165) is 12.5 Å². The number of aliphatic hydroxyl groups is 1. The molecule has 1 heterocycles. The molecule has 19 heavy (non-hydrogen) atoms. The molecule has 0 radical (unpaired) electrons. The maximum atomic E-state index is 13.7. The van der Waals surface area contributed by atoms with Crippen LogP contribution in [0.3, 0.4) is 0 Å². The van der Waals surface area contributed by atoms with Crippen molar-refractivity contribution in [2.24, 2.45) is 5.92 Å². The molecular formula is C16H22FNO. The molecule has 2 fully saturated rings. The quantitative estimate of drug-likeness (QED) is 0.902. The number of benzene rings is 1. The van der Waals surface area contributed by atoms with Crippen molar-refractivity contribution < 1.29 is 9.50 Å². The number of aliphatic hydroxyl groups excluding tert-OH is 1. The number of hydrogen-bond acceptors (Lipinski definition) is 2. The molecular weight excluding hydrogens is 241 g/mol. The maximum Gasteiger partial charge on any atom is 0.129 e. The number of halogens is 1. The lowest BCUT2D eigenvalue weighted by atomic mass is 9.78. The monoisotopic (exact) mass is 263 g/mol. The second kappa shape index (κ2) is 5.59. The summed E-state index contributed by atoms with van der Waals surface area (Å²) in [6.07, 6.45) is 5.76. The largest absolute Gasteiger partial charge is 0.387 e. The molecule has 1 aliphatic heterocycles. The Bertz CT molecular complexity index is 433.